The molecule has 1 aromatic rings. The lowest BCUT2D eigenvalue weighted by Gasteiger charge is -2.64. The average Bonchev–Trinajstić information content (AvgIpc) is 2.80. The summed E-state index contributed by atoms with van der Waals surface area (Å²) in [6.07, 6.45) is 11.2. The highest BCUT2D eigenvalue weighted by molar-refractivity contribution is 5.19. The predicted molar refractivity (Wildman–Crippen MR) is 71.5 cm³/mol. The second-order valence-corrected chi connectivity index (χ2v) is 6.33. The summed E-state index contributed by atoms with van der Waals surface area (Å²) in [5, 5.41) is 3.81. The fourth-order valence-corrected chi connectivity index (χ4v) is 4.38. The van der Waals surface area contributed by atoms with Crippen LogP contribution in [0.3, 0.4) is 0 Å². The van der Waals surface area contributed by atoms with E-state index < -0.39 is 0 Å². The summed E-state index contributed by atoms with van der Waals surface area (Å²) in [4.78, 5) is 8.58. The molecule has 4 atom stereocenters. The molecule has 1 aliphatic heterocycles. The minimum atomic E-state index is 0.276. The predicted octanol–water partition coefficient (Wildman–Crippen LogP) is 2.08. The Morgan fingerprint density at radius 3 is 3.00 bits per heavy atom. The van der Waals surface area contributed by atoms with Gasteiger partial charge < -0.3 is 10.1 Å². The molecule has 4 rings (SSSR count). The van der Waals surface area contributed by atoms with Gasteiger partial charge in [0.25, 0.3) is 0 Å². The number of ether oxygens (including phenoxy) is 1. The Morgan fingerprint density at radius 2 is 2.32 bits per heavy atom. The number of fused-ring (bicyclic) bond motifs is 2. The normalized spacial score (nSPS) is 36.4. The van der Waals surface area contributed by atoms with Crippen molar-refractivity contribution in [3.8, 4) is 0 Å². The van der Waals surface area contributed by atoms with Crippen molar-refractivity contribution in [3.05, 3.63) is 24.3 Å². The van der Waals surface area contributed by atoms with E-state index in [1.54, 1.807) is 12.4 Å². The second-order valence-electron chi connectivity index (χ2n) is 6.33. The smallest absolute Gasteiger partial charge is 0.0753 e. The van der Waals surface area contributed by atoms with Gasteiger partial charge in [-0.1, -0.05) is 6.42 Å². The monoisotopic (exact) mass is 259 g/mol. The maximum absolute atomic E-state index is 5.96. The summed E-state index contributed by atoms with van der Waals surface area (Å²) in [5.41, 5.74) is 1.48. The van der Waals surface area contributed by atoms with Crippen LogP contribution in [0.25, 0.3) is 0 Å². The summed E-state index contributed by atoms with van der Waals surface area (Å²) in [6, 6.07) is 0.892. The van der Waals surface area contributed by atoms with Crippen LogP contribution >= 0.6 is 0 Å². The van der Waals surface area contributed by atoms with Crippen LogP contribution in [0.2, 0.25) is 0 Å². The van der Waals surface area contributed by atoms with E-state index in [1.165, 1.54) is 25.7 Å². The molecule has 2 aliphatic carbocycles. The minimum absolute atomic E-state index is 0.276. The van der Waals surface area contributed by atoms with Crippen molar-refractivity contribution in [2.24, 2.45) is 11.3 Å². The molecule has 3 aliphatic rings. The first kappa shape index (κ1) is 11.8. The van der Waals surface area contributed by atoms with E-state index in [0.29, 0.717) is 17.6 Å². The molecule has 1 saturated heterocycles. The third-order valence-corrected chi connectivity index (χ3v) is 5.49. The lowest BCUT2D eigenvalue weighted by atomic mass is 9.46. The number of rotatable bonds is 3. The quantitative estimate of drug-likeness (QED) is 0.903. The highest BCUT2D eigenvalue weighted by atomic mass is 16.5. The summed E-state index contributed by atoms with van der Waals surface area (Å²) in [5.74, 6) is 0.722. The van der Waals surface area contributed by atoms with Gasteiger partial charge in [0.15, 0.2) is 0 Å². The van der Waals surface area contributed by atoms with Gasteiger partial charge in [-0.3, -0.25) is 9.97 Å². The van der Waals surface area contributed by atoms with Crippen molar-refractivity contribution in [1.82, 2.24) is 15.3 Å². The zero-order valence-corrected chi connectivity index (χ0v) is 11.4. The van der Waals surface area contributed by atoms with Crippen LogP contribution in [0.5, 0.6) is 0 Å². The fraction of sp³-hybridized carbons (Fsp3) is 0.733. The number of nitrogens with zero attached hydrogens (tertiary/aromatic N) is 2. The Hall–Kier alpha value is -1.00. The third-order valence-electron chi connectivity index (χ3n) is 5.49. The molecule has 0 unspecified atom stereocenters. The van der Waals surface area contributed by atoms with Gasteiger partial charge in [0.2, 0.25) is 0 Å². The van der Waals surface area contributed by atoms with Gasteiger partial charge in [-0.2, -0.15) is 0 Å². The first-order valence-corrected chi connectivity index (χ1v) is 7.45. The van der Waals surface area contributed by atoms with Gasteiger partial charge >= 0.3 is 0 Å². The summed E-state index contributed by atoms with van der Waals surface area (Å²) < 4.78 is 5.96. The first-order valence-electron chi connectivity index (χ1n) is 7.45. The van der Waals surface area contributed by atoms with Crippen molar-refractivity contribution in [3.63, 3.8) is 0 Å². The molecule has 2 saturated carbocycles. The Kier molecular flexibility index (Phi) is 2.64. The van der Waals surface area contributed by atoms with Crippen LogP contribution in [0.1, 0.15) is 44.3 Å². The van der Waals surface area contributed by atoms with Gasteiger partial charge in [0, 0.05) is 48.6 Å². The summed E-state index contributed by atoms with van der Waals surface area (Å²) >= 11 is 0. The molecule has 19 heavy (non-hydrogen) atoms. The molecule has 0 amide bonds. The average molecular weight is 259 g/mol. The molecule has 1 N–H and O–H groups in total. The van der Waals surface area contributed by atoms with Crippen LogP contribution in [-0.4, -0.2) is 28.7 Å². The van der Waals surface area contributed by atoms with Crippen molar-refractivity contribution >= 4 is 0 Å². The first-order chi connectivity index (χ1) is 9.31. The standard InChI is InChI=1S/C15H21N3O/c1-10(12-9-16-6-7-17-12)18-13-11-3-8-19-14(11)15(13)4-2-5-15/h6-7,9-11,13-14,18H,2-5,8H2,1H3/t10-,11+,13+,14+/m0/s1. The van der Waals surface area contributed by atoms with E-state index in [9.17, 15) is 0 Å². The fourth-order valence-electron chi connectivity index (χ4n) is 4.38. The SMILES string of the molecule is C[C@H](N[C@@H]1[C@H]2CCO[C@H]2C12CCC2)c1cnccn1. The Labute approximate surface area is 114 Å². The highest BCUT2D eigenvalue weighted by Gasteiger charge is 2.66. The molecule has 0 bridgehead atoms. The lowest BCUT2D eigenvalue weighted by Crippen LogP contribution is -2.71. The lowest BCUT2D eigenvalue weighted by molar-refractivity contribution is -0.178. The third kappa shape index (κ3) is 1.59. The molecule has 4 heteroatoms. The van der Waals surface area contributed by atoms with Crippen molar-refractivity contribution < 1.29 is 4.74 Å². The van der Waals surface area contributed by atoms with Gasteiger partial charge in [-0.15, -0.1) is 0 Å². The van der Waals surface area contributed by atoms with Crippen molar-refractivity contribution in [1.29, 1.82) is 0 Å². The van der Waals surface area contributed by atoms with Crippen LogP contribution in [0, 0.1) is 11.3 Å². The van der Waals surface area contributed by atoms with Gasteiger partial charge in [-0.05, 0) is 26.2 Å². The largest absolute Gasteiger partial charge is 0.377 e. The van der Waals surface area contributed by atoms with E-state index in [1.807, 2.05) is 6.20 Å². The topological polar surface area (TPSA) is 47.0 Å². The van der Waals surface area contributed by atoms with E-state index in [4.69, 9.17) is 4.74 Å². The zero-order valence-electron chi connectivity index (χ0n) is 11.4. The van der Waals surface area contributed by atoms with Crippen molar-refractivity contribution in [2.45, 2.75) is 50.8 Å². The maximum atomic E-state index is 5.96. The molecule has 0 aromatic carbocycles. The molecule has 3 fully saturated rings. The molecule has 4 nitrogen and oxygen atoms in total. The van der Waals surface area contributed by atoms with E-state index in [0.717, 1.165) is 18.2 Å². The van der Waals surface area contributed by atoms with Gasteiger partial charge in [0.05, 0.1) is 11.8 Å². The minimum Gasteiger partial charge on any atom is -0.377 e. The second kappa shape index (κ2) is 4.25. The summed E-state index contributed by atoms with van der Waals surface area (Å²) in [7, 11) is 0. The molecule has 2 heterocycles. The molecular formula is C15H21N3O. The number of aromatic nitrogens is 2. The number of hydrogen-bond acceptors (Lipinski definition) is 4. The highest BCUT2D eigenvalue weighted by Crippen LogP contribution is 2.63. The Bertz CT molecular complexity index is 460. The van der Waals surface area contributed by atoms with Crippen LogP contribution in [-0.2, 0) is 4.74 Å². The van der Waals surface area contributed by atoms with E-state index >= 15 is 0 Å². The van der Waals surface area contributed by atoms with Crippen LogP contribution in [0.4, 0.5) is 0 Å². The van der Waals surface area contributed by atoms with Crippen molar-refractivity contribution in [2.75, 3.05) is 6.61 Å². The molecule has 1 spiro atoms. The molecule has 0 radical (unpaired) electrons. The zero-order chi connectivity index (χ0) is 12.9. The Morgan fingerprint density at radius 1 is 1.42 bits per heavy atom. The van der Waals surface area contributed by atoms with E-state index in [-0.39, 0.29) is 6.04 Å². The number of hydrogen-bond donors (Lipinski definition) is 1. The van der Waals surface area contributed by atoms with E-state index in [2.05, 4.69) is 22.2 Å². The molecule has 1 aromatic heterocycles. The maximum Gasteiger partial charge on any atom is 0.0753 e. The molecular weight excluding hydrogens is 238 g/mol. The van der Waals surface area contributed by atoms with Crippen LogP contribution in [0.15, 0.2) is 18.6 Å². The Balaban J connectivity index is 1.50. The van der Waals surface area contributed by atoms with Gasteiger partial charge in [-0.25, -0.2) is 0 Å². The van der Waals surface area contributed by atoms with Crippen LogP contribution < -0.4 is 5.32 Å². The van der Waals surface area contributed by atoms with Gasteiger partial charge in [0.1, 0.15) is 0 Å². The molecule has 102 valence electrons. The summed E-state index contributed by atoms with van der Waals surface area (Å²) in [6.45, 7) is 3.15. The number of nitrogens with one attached hydrogen (secondary N) is 1.